The molecule has 0 spiro atoms. The summed E-state index contributed by atoms with van der Waals surface area (Å²) in [5, 5.41) is 8.95. The van der Waals surface area contributed by atoms with Gasteiger partial charge in [0.2, 0.25) is 0 Å². The quantitative estimate of drug-likeness (QED) is 0.483. The number of terminal acetylenes is 1. The molecular weight excluding hydrogens is 282 g/mol. The van der Waals surface area contributed by atoms with Crippen LogP contribution < -0.4 is 0 Å². The zero-order chi connectivity index (χ0) is 16.5. The Labute approximate surface area is 136 Å². The van der Waals surface area contributed by atoms with Crippen molar-refractivity contribution in [2.24, 2.45) is 0 Å². The van der Waals surface area contributed by atoms with Crippen molar-refractivity contribution in [2.45, 2.75) is 6.92 Å². The van der Waals surface area contributed by atoms with Crippen LogP contribution in [-0.2, 0) is 0 Å². The number of hydrogen-bond donors (Lipinski definition) is 0. The van der Waals surface area contributed by atoms with E-state index in [1.54, 1.807) is 37.5 Å². The van der Waals surface area contributed by atoms with Crippen LogP contribution in [0.15, 0.2) is 72.1 Å². The van der Waals surface area contributed by atoms with E-state index in [1.807, 2.05) is 36.4 Å². The first-order valence-corrected chi connectivity index (χ1v) is 7.07. The predicted molar refractivity (Wildman–Crippen MR) is 92.8 cm³/mol. The maximum absolute atomic E-state index is 8.95. The van der Waals surface area contributed by atoms with Crippen LogP contribution in [0, 0.1) is 23.7 Å². The number of nitriles is 1. The molecule has 0 saturated carbocycles. The fourth-order valence-corrected chi connectivity index (χ4v) is 1.88. The lowest BCUT2D eigenvalue weighted by molar-refractivity contribution is 1.24. The number of nitrogens with zero attached hydrogens (tertiary/aromatic N) is 3. The van der Waals surface area contributed by atoms with Gasteiger partial charge in [-0.25, -0.2) is 0 Å². The Morgan fingerprint density at radius 2 is 1.96 bits per heavy atom. The SMILES string of the molecule is C#CC(/C=C\c1ccnc(-c2ccccn2)c1)=C\C(C#N)=C/C. The lowest BCUT2D eigenvalue weighted by Gasteiger charge is -2.00. The van der Waals surface area contributed by atoms with E-state index in [0.29, 0.717) is 11.1 Å². The van der Waals surface area contributed by atoms with E-state index in [0.717, 1.165) is 17.0 Å². The minimum Gasteiger partial charge on any atom is -0.255 e. The summed E-state index contributed by atoms with van der Waals surface area (Å²) in [6.07, 6.45) is 16.0. The summed E-state index contributed by atoms with van der Waals surface area (Å²) in [5.41, 5.74) is 3.74. The van der Waals surface area contributed by atoms with Crippen molar-refractivity contribution < 1.29 is 0 Å². The minimum atomic E-state index is 0.534. The molecule has 2 aromatic heterocycles. The third kappa shape index (κ3) is 4.52. The molecule has 23 heavy (non-hydrogen) atoms. The largest absolute Gasteiger partial charge is 0.255 e. The molecule has 0 aliphatic carbocycles. The molecule has 2 heterocycles. The van der Waals surface area contributed by atoms with E-state index in [1.165, 1.54) is 0 Å². The number of hydrogen-bond acceptors (Lipinski definition) is 3. The van der Waals surface area contributed by atoms with Gasteiger partial charge in [0.15, 0.2) is 0 Å². The van der Waals surface area contributed by atoms with Crippen LogP contribution in [0.2, 0.25) is 0 Å². The highest BCUT2D eigenvalue weighted by atomic mass is 14.8. The molecule has 3 heteroatoms. The Kier molecular flexibility index (Phi) is 5.63. The summed E-state index contributed by atoms with van der Waals surface area (Å²) in [6.45, 7) is 1.80. The van der Waals surface area contributed by atoms with Gasteiger partial charge in [-0.3, -0.25) is 9.97 Å². The van der Waals surface area contributed by atoms with Gasteiger partial charge in [0.1, 0.15) is 0 Å². The second-order valence-electron chi connectivity index (χ2n) is 4.62. The van der Waals surface area contributed by atoms with Crippen molar-refractivity contribution in [3.05, 3.63) is 77.7 Å². The highest BCUT2D eigenvalue weighted by Crippen LogP contribution is 2.16. The van der Waals surface area contributed by atoms with Gasteiger partial charge in [-0.2, -0.15) is 5.26 Å². The van der Waals surface area contributed by atoms with Gasteiger partial charge >= 0.3 is 0 Å². The molecule has 0 aromatic carbocycles. The molecule has 0 fully saturated rings. The molecular formula is C20H15N3. The van der Waals surface area contributed by atoms with Crippen LogP contribution in [0.25, 0.3) is 17.5 Å². The van der Waals surface area contributed by atoms with Crippen molar-refractivity contribution in [2.75, 3.05) is 0 Å². The number of rotatable bonds is 4. The molecule has 110 valence electrons. The summed E-state index contributed by atoms with van der Waals surface area (Å²) < 4.78 is 0. The summed E-state index contributed by atoms with van der Waals surface area (Å²) >= 11 is 0. The maximum atomic E-state index is 8.95. The highest BCUT2D eigenvalue weighted by molar-refractivity contribution is 5.63. The van der Waals surface area contributed by atoms with E-state index < -0.39 is 0 Å². The number of aromatic nitrogens is 2. The first-order valence-electron chi connectivity index (χ1n) is 7.07. The van der Waals surface area contributed by atoms with Crippen molar-refractivity contribution in [1.82, 2.24) is 9.97 Å². The van der Waals surface area contributed by atoms with Crippen LogP contribution in [0.3, 0.4) is 0 Å². The monoisotopic (exact) mass is 297 g/mol. The van der Waals surface area contributed by atoms with Gasteiger partial charge in [0, 0.05) is 23.5 Å². The molecule has 0 atom stereocenters. The molecule has 0 N–H and O–H groups in total. The normalized spacial score (nSPS) is 12.0. The van der Waals surface area contributed by atoms with Crippen LogP contribution in [0.5, 0.6) is 0 Å². The molecule has 2 rings (SSSR count). The molecule has 3 nitrogen and oxygen atoms in total. The lowest BCUT2D eigenvalue weighted by atomic mass is 10.1. The van der Waals surface area contributed by atoms with Crippen molar-refractivity contribution in [3.8, 4) is 29.8 Å². The molecule has 0 unspecified atom stereocenters. The Morgan fingerprint density at radius 3 is 2.61 bits per heavy atom. The van der Waals surface area contributed by atoms with Crippen molar-refractivity contribution in [1.29, 1.82) is 5.26 Å². The Bertz CT molecular complexity index is 844. The zero-order valence-corrected chi connectivity index (χ0v) is 12.8. The van der Waals surface area contributed by atoms with Gasteiger partial charge < -0.3 is 0 Å². The second-order valence-corrected chi connectivity index (χ2v) is 4.62. The van der Waals surface area contributed by atoms with Gasteiger partial charge in [-0.05, 0) is 48.9 Å². The van der Waals surface area contributed by atoms with Gasteiger partial charge in [-0.1, -0.05) is 24.1 Å². The summed E-state index contributed by atoms with van der Waals surface area (Å²) in [6, 6.07) is 11.6. The zero-order valence-electron chi connectivity index (χ0n) is 12.8. The molecule has 0 saturated heterocycles. The first kappa shape index (κ1) is 15.9. The molecule has 0 radical (unpaired) electrons. The minimum absolute atomic E-state index is 0.534. The van der Waals surface area contributed by atoms with E-state index in [9.17, 15) is 0 Å². The summed E-state index contributed by atoms with van der Waals surface area (Å²) in [5.74, 6) is 2.57. The third-order valence-corrected chi connectivity index (χ3v) is 3.08. The maximum Gasteiger partial charge on any atom is 0.0988 e. The topological polar surface area (TPSA) is 49.6 Å². The molecule has 0 aliphatic rings. The molecule has 0 amide bonds. The Hall–Kier alpha value is -3.43. The van der Waals surface area contributed by atoms with Gasteiger partial charge in [0.05, 0.1) is 17.5 Å². The van der Waals surface area contributed by atoms with E-state index >= 15 is 0 Å². The predicted octanol–water partition coefficient (Wildman–Crippen LogP) is 4.19. The van der Waals surface area contributed by atoms with Crippen LogP contribution in [0.4, 0.5) is 0 Å². The molecule has 0 aliphatic heterocycles. The number of allylic oxidation sites excluding steroid dienone is 5. The van der Waals surface area contributed by atoms with Crippen LogP contribution in [0.1, 0.15) is 12.5 Å². The van der Waals surface area contributed by atoms with Gasteiger partial charge in [0.25, 0.3) is 0 Å². The van der Waals surface area contributed by atoms with Crippen molar-refractivity contribution in [3.63, 3.8) is 0 Å². The standard InChI is InChI=1S/C20H15N3/c1-3-16(13-17(4-2)15-21)8-9-18-10-12-23-20(14-18)19-7-5-6-11-22-19/h1,4-14H,2H3/b9-8-,16-13+,17-4+. The summed E-state index contributed by atoms with van der Waals surface area (Å²) in [4.78, 5) is 8.62. The molecule has 0 bridgehead atoms. The second kappa shape index (κ2) is 8.12. The fraction of sp³-hybridized carbons (Fsp3) is 0.0500. The van der Waals surface area contributed by atoms with Crippen molar-refractivity contribution >= 4 is 6.08 Å². The van der Waals surface area contributed by atoms with Crippen LogP contribution in [-0.4, -0.2) is 9.97 Å². The smallest absolute Gasteiger partial charge is 0.0988 e. The lowest BCUT2D eigenvalue weighted by Crippen LogP contribution is -1.87. The first-order chi connectivity index (χ1) is 11.3. The average molecular weight is 297 g/mol. The fourth-order valence-electron chi connectivity index (χ4n) is 1.88. The third-order valence-electron chi connectivity index (χ3n) is 3.08. The Morgan fingerprint density at radius 1 is 1.13 bits per heavy atom. The molecule has 2 aromatic rings. The van der Waals surface area contributed by atoms with E-state index in [4.69, 9.17) is 11.7 Å². The van der Waals surface area contributed by atoms with Crippen LogP contribution >= 0.6 is 0 Å². The van der Waals surface area contributed by atoms with E-state index in [2.05, 4.69) is 22.0 Å². The average Bonchev–Trinajstić information content (AvgIpc) is 2.63. The highest BCUT2D eigenvalue weighted by Gasteiger charge is 2.00. The summed E-state index contributed by atoms with van der Waals surface area (Å²) in [7, 11) is 0. The Balaban J connectivity index is 2.27. The number of pyridine rings is 2. The van der Waals surface area contributed by atoms with E-state index in [-0.39, 0.29) is 0 Å². The van der Waals surface area contributed by atoms with Gasteiger partial charge in [-0.15, -0.1) is 6.42 Å².